The number of rotatable bonds is 3. The third kappa shape index (κ3) is 1.92. The van der Waals surface area contributed by atoms with E-state index in [1.165, 1.54) is 17.4 Å². The Hall–Kier alpha value is -1.43. The van der Waals surface area contributed by atoms with Gasteiger partial charge in [-0.15, -0.1) is 11.3 Å². The van der Waals surface area contributed by atoms with Gasteiger partial charge in [0.1, 0.15) is 0 Å². The van der Waals surface area contributed by atoms with E-state index >= 15 is 0 Å². The van der Waals surface area contributed by atoms with Crippen LogP contribution in [-0.2, 0) is 0 Å². The molecular formula is C10H12N2O3S. The van der Waals surface area contributed by atoms with E-state index in [2.05, 4.69) is 0 Å². The summed E-state index contributed by atoms with van der Waals surface area (Å²) in [6.45, 7) is 1.66. The van der Waals surface area contributed by atoms with Gasteiger partial charge in [-0.1, -0.05) is 0 Å². The summed E-state index contributed by atoms with van der Waals surface area (Å²) in [5, 5.41) is 10.7. The molecule has 86 valence electrons. The van der Waals surface area contributed by atoms with Crippen molar-refractivity contribution in [2.45, 2.75) is 25.8 Å². The Labute approximate surface area is 96.8 Å². The summed E-state index contributed by atoms with van der Waals surface area (Å²) >= 11 is 1.19. The first kappa shape index (κ1) is 11.1. The predicted octanol–water partition coefficient (Wildman–Crippen LogP) is 2.20. The molecule has 1 fully saturated rings. The molecule has 2 rings (SSSR count). The lowest BCUT2D eigenvalue weighted by molar-refractivity contribution is -0.385. The minimum absolute atomic E-state index is 0.0394. The van der Waals surface area contributed by atoms with Gasteiger partial charge in [0.25, 0.3) is 11.6 Å². The van der Waals surface area contributed by atoms with Crippen molar-refractivity contribution in [1.82, 2.24) is 4.90 Å². The Morgan fingerprint density at radius 1 is 1.62 bits per heavy atom. The topological polar surface area (TPSA) is 63.5 Å². The molecule has 0 N–H and O–H groups in total. The number of hydrogen-bond acceptors (Lipinski definition) is 4. The van der Waals surface area contributed by atoms with Gasteiger partial charge in [-0.25, -0.2) is 0 Å². The summed E-state index contributed by atoms with van der Waals surface area (Å²) in [6, 6.07) is 1.70. The van der Waals surface area contributed by atoms with Crippen molar-refractivity contribution in [3.05, 3.63) is 25.9 Å². The zero-order chi connectivity index (χ0) is 11.9. The number of aryl methyl sites for hydroxylation is 1. The van der Waals surface area contributed by atoms with Crippen LogP contribution in [0.25, 0.3) is 0 Å². The van der Waals surface area contributed by atoms with Gasteiger partial charge < -0.3 is 4.90 Å². The van der Waals surface area contributed by atoms with E-state index in [1.807, 2.05) is 0 Å². The summed E-state index contributed by atoms with van der Waals surface area (Å²) < 4.78 is 0. The minimum atomic E-state index is -0.445. The molecule has 16 heavy (non-hydrogen) atoms. The first-order valence-corrected chi connectivity index (χ1v) is 5.84. The van der Waals surface area contributed by atoms with E-state index < -0.39 is 4.92 Å². The lowest BCUT2D eigenvalue weighted by atomic mass is 10.3. The standard InChI is InChI=1S/C10H12N2O3S/c1-6-8(12(14)15)5-9(16-6)10(13)11(2)7-3-4-7/h5,7H,3-4H2,1-2H3. The maximum atomic E-state index is 11.9. The zero-order valence-electron chi connectivity index (χ0n) is 9.10. The third-order valence-corrected chi connectivity index (χ3v) is 3.74. The van der Waals surface area contributed by atoms with Crippen LogP contribution in [0.2, 0.25) is 0 Å². The Bertz CT molecular complexity index is 451. The number of nitro groups is 1. The van der Waals surface area contributed by atoms with Gasteiger partial charge >= 0.3 is 0 Å². The van der Waals surface area contributed by atoms with E-state index in [0.717, 1.165) is 12.8 Å². The van der Waals surface area contributed by atoms with Gasteiger partial charge in [-0.2, -0.15) is 0 Å². The monoisotopic (exact) mass is 240 g/mol. The van der Waals surface area contributed by atoms with Crippen LogP contribution in [0.1, 0.15) is 27.4 Å². The highest BCUT2D eigenvalue weighted by Gasteiger charge is 2.31. The van der Waals surface area contributed by atoms with Crippen molar-refractivity contribution >= 4 is 22.9 Å². The molecule has 1 aliphatic carbocycles. The maximum Gasteiger partial charge on any atom is 0.283 e. The number of carbonyl (C=O) groups is 1. The summed E-state index contributed by atoms with van der Waals surface area (Å²) in [4.78, 5) is 24.9. The molecule has 0 unspecified atom stereocenters. The molecular weight excluding hydrogens is 228 g/mol. The van der Waals surface area contributed by atoms with Gasteiger partial charge in [0.2, 0.25) is 0 Å². The molecule has 1 aromatic heterocycles. The predicted molar refractivity (Wildman–Crippen MR) is 60.8 cm³/mol. The quantitative estimate of drug-likeness (QED) is 0.601. The summed E-state index contributed by atoms with van der Waals surface area (Å²) in [6.07, 6.45) is 2.07. The summed E-state index contributed by atoms with van der Waals surface area (Å²) in [5.41, 5.74) is 0.0394. The molecule has 0 bridgehead atoms. The van der Waals surface area contributed by atoms with Gasteiger partial charge in [0.15, 0.2) is 0 Å². The molecule has 1 saturated carbocycles. The van der Waals surface area contributed by atoms with Crippen molar-refractivity contribution in [2.24, 2.45) is 0 Å². The molecule has 1 amide bonds. The Balaban J connectivity index is 2.23. The first-order valence-electron chi connectivity index (χ1n) is 5.02. The fourth-order valence-corrected chi connectivity index (χ4v) is 2.53. The number of amides is 1. The second-order valence-electron chi connectivity index (χ2n) is 3.96. The van der Waals surface area contributed by atoms with Crippen molar-refractivity contribution in [3.63, 3.8) is 0 Å². The van der Waals surface area contributed by atoms with E-state index in [0.29, 0.717) is 15.8 Å². The Morgan fingerprint density at radius 2 is 2.25 bits per heavy atom. The Kier molecular flexibility index (Phi) is 2.67. The third-order valence-electron chi connectivity index (χ3n) is 2.71. The average Bonchev–Trinajstić information content (AvgIpc) is 2.99. The van der Waals surface area contributed by atoms with Crippen LogP contribution in [0.3, 0.4) is 0 Å². The van der Waals surface area contributed by atoms with Gasteiger partial charge in [0, 0.05) is 19.2 Å². The molecule has 0 aliphatic heterocycles. The number of carbonyl (C=O) groups excluding carboxylic acids is 1. The number of thiophene rings is 1. The molecule has 1 aromatic rings. The molecule has 1 heterocycles. The van der Waals surface area contributed by atoms with Crippen LogP contribution < -0.4 is 0 Å². The van der Waals surface area contributed by atoms with E-state index in [1.54, 1.807) is 18.9 Å². The highest BCUT2D eigenvalue weighted by molar-refractivity contribution is 7.14. The minimum Gasteiger partial charge on any atom is -0.338 e. The summed E-state index contributed by atoms with van der Waals surface area (Å²) in [7, 11) is 1.75. The smallest absolute Gasteiger partial charge is 0.283 e. The van der Waals surface area contributed by atoms with Crippen molar-refractivity contribution in [2.75, 3.05) is 7.05 Å². The van der Waals surface area contributed by atoms with Crippen LogP contribution in [0.15, 0.2) is 6.07 Å². The van der Waals surface area contributed by atoms with Crippen LogP contribution in [0.5, 0.6) is 0 Å². The lowest BCUT2D eigenvalue weighted by Gasteiger charge is -2.14. The average molecular weight is 240 g/mol. The molecule has 6 heteroatoms. The summed E-state index contributed by atoms with van der Waals surface area (Å²) in [5.74, 6) is -0.108. The second kappa shape index (κ2) is 3.86. The highest BCUT2D eigenvalue weighted by Crippen LogP contribution is 2.32. The van der Waals surface area contributed by atoms with E-state index in [4.69, 9.17) is 0 Å². The molecule has 5 nitrogen and oxygen atoms in total. The Morgan fingerprint density at radius 3 is 2.69 bits per heavy atom. The number of nitrogens with zero attached hydrogens (tertiary/aromatic N) is 2. The van der Waals surface area contributed by atoms with Gasteiger partial charge in [-0.3, -0.25) is 14.9 Å². The number of hydrogen-bond donors (Lipinski definition) is 0. The van der Waals surface area contributed by atoms with Crippen LogP contribution in [0.4, 0.5) is 5.69 Å². The first-order chi connectivity index (χ1) is 7.50. The molecule has 0 spiro atoms. The molecule has 0 aromatic carbocycles. The molecule has 1 aliphatic rings. The largest absolute Gasteiger partial charge is 0.338 e. The fourth-order valence-electron chi connectivity index (χ4n) is 1.56. The SMILES string of the molecule is Cc1sc(C(=O)N(C)C2CC2)cc1[N+](=O)[O-]. The van der Waals surface area contributed by atoms with Gasteiger partial charge in [0.05, 0.1) is 14.7 Å². The lowest BCUT2D eigenvalue weighted by Crippen LogP contribution is -2.27. The van der Waals surface area contributed by atoms with Crippen molar-refractivity contribution in [1.29, 1.82) is 0 Å². The van der Waals surface area contributed by atoms with Crippen LogP contribution in [0, 0.1) is 17.0 Å². The molecule has 0 radical (unpaired) electrons. The fraction of sp³-hybridized carbons (Fsp3) is 0.500. The normalized spacial score (nSPS) is 14.9. The molecule has 0 saturated heterocycles. The van der Waals surface area contributed by atoms with Crippen molar-refractivity contribution < 1.29 is 9.72 Å². The maximum absolute atomic E-state index is 11.9. The highest BCUT2D eigenvalue weighted by atomic mass is 32.1. The van der Waals surface area contributed by atoms with Crippen LogP contribution in [-0.4, -0.2) is 28.8 Å². The molecule has 0 atom stereocenters. The van der Waals surface area contributed by atoms with E-state index in [9.17, 15) is 14.9 Å². The second-order valence-corrected chi connectivity index (χ2v) is 5.21. The zero-order valence-corrected chi connectivity index (χ0v) is 9.91. The van der Waals surface area contributed by atoms with Gasteiger partial charge in [-0.05, 0) is 19.8 Å². The van der Waals surface area contributed by atoms with Crippen molar-refractivity contribution in [3.8, 4) is 0 Å². The van der Waals surface area contributed by atoms with E-state index in [-0.39, 0.29) is 11.6 Å². The van der Waals surface area contributed by atoms with Crippen LogP contribution >= 0.6 is 11.3 Å².